The highest BCUT2D eigenvalue weighted by atomic mass is 16.5. The quantitative estimate of drug-likeness (QED) is 0.773. The lowest BCUT2D eigenvalue weighted by Crippen LogP contribution is -2.39. The Hall–Kier alpha value is -2.44. The van der Waals surface area contributed by atoms with E-state index in [1.165, 1.54) is 7.11 Å². The van der Waals surface area contributed by atoms with Gasteiger partial charge in [0.05, 0.1) is 25.9 Å². The van der Waals surface area contributed by atoms with Crippen molar-refractivity contribution in [2.24, 2.45) is 0 Å². The number of methoxy groups -OCH3 is 1. The van der Waals surface area contributed by atoms with Crippen molar-refractivity contribution in [3.8, 4) is 11.1 Å². The number of hydrogen-bond acceptors (Lipinski definition) is 5. The second-order valence-electron chi connectivity index (χ2n) is 5.94. The molecule has 0 amide bonds. The molecule has 25 heavy (non-hydrogen) atoms. The van der Waals surface area contributed by atoms with Gasteiger partial charge in [-0.2, -0.15) is 0 Å². The summed E-state index contributed by atoms with van der Waals surface area (Å²) in [6, 6.07) is 10.6. The van der Waals surface area contributed by atoms with Gasteiger partial charge in [0, 0.05) is 37.9 Å². The Bertz CT molecular complexity index is 777. The van der Waals surface area contributed by atoms with Crippen molar-refractivity contribution in [1.82, 2.24) is 9.47 Å². The summed E-state index contributed by atoms with van der Waals surface area (Å²) in [7, 11) is 1.35. The molecule has 1 fully saturated rings. The van der Waals surface area contributed by atoms with Gasteiger partial charge in [-0.3, -0.25) is 9.69 Å². The first-order valence-corrected chi connectivity index (χ1v) is 8.37. The van der Waals surface area contributed by atoms with Gasteiger partial charge >= 0.3 is 5.97 Å². The lowest BCUT2D eigenvalue weighted by atomic mass is 10.1. The van der Waals surface area contributed by atoms with Crippen molar-refractivity contribution in [2.75, 3.05) is 40.0 Å². The number of carbonyl (C=O) groups excluding carboxylic acids is 1. The van der Waals surface area contributed by atoms with Crippen LogP contribution < -0.4 is 5.56 Å². The normalized spacial score (nSPS) is 15.1. The summed E-state index contributed by atoms with van der Waals surface area (Å²) >= 11 is 0. The predicted octanol–water partition coefficient (Wildman–Crippen LogP) is 1.63. The molecule has 1 aliphatic rings. The van der Waals surface area contributed by atoms with Crippen LogP contribution in [0.1, 0.15) is 10.4 Å². The second kappa shape index (κ2) is 8.09. The first-order valence-electron chi connectivity index (χ1n) is 8.37. The average molecular weight is 342 g/mol. The molecule has 0 spiro atoms. The van der Waals surface area contributed by atoms with Gasteiger partial charge in [-0.1, -0.05) is 12.1 Å². The zero-order valence-electron chi connectivity index (χ0n) is 14.3. The van der Waals surface area contributed by atoms with Gasteiger partial charge in [0.15, 0.2) is 0 Å². The maximum atomic E-state index is 12.7. The molecule has 1 saturated heterocycles. The summed E-state index contributed by atoms with van der Waals surface area (Å²) in [5, 5.41) is 0. The third-order valence-electron chi connectivity index (χ3n) is 4.40. The van der Waals surface area contributed by atoms with Crippen LogP contribution in [-0.4, -0.2) is 55.4 Å². The molecule has 0 radical (unpaired) electrons. The van der Waals surface area contributed by atoms with E-state index >= 15 is 0 Å². The molecule has 6 nitrogen and oxygen atoms in total. The molecule has 0 N–H and O–H groups in total. The highest BCUT2D eigenvalue weighted by Crippen LogP contribution is 2.16. The number of morpholine rings is 1. The smallest absolute Gasteiger partial charge is 0.337 e. The molecule has 1 aromatic heterocycles. The number of hydrogen-bond donors (Lipinski definition) is 0. The van der Waals surface area contributed by atoms with Crippen LogP contribution in [0, 0.1) is 0 Å². The third-order valence-corrected chi connectivity index (χ3v) is 4.40. The summed E-state index contributed by atoms with van der Waals surface area (Å²) in [6.07, 6.45) is 1.81. The summed E-state index contributed by atoms with van der Waals surface area (Å²) in [5.41, 5.74) is 1.86. The van der Waals surface area contributed by atoms with E-state index in [2.05, 4.69) is 4.90 Å². The van der Waals surface area contributed by atoms with Crippen molar-refractivity contribution in [3.05, 3.63) is 58.5 Å². The standard InChI is InChI=1S/C19H22N2O4/c1-24-19(23)16-6-4-15(5-7-16)17-3-2-8-21(18(17)22)10-9-20-11-13-25-14-12-20/h2-8H,9-14H2,1H3. The van der Waals surface area contributed by atoms with Crippen molar-refractivity contribution in [2.45, 2.75) is 6.54 Å². The number of pyridine rings is 1. The number of ether oxygens (including phenoxy) is 2. The molecule has 0 bridgehead atoms. The van der Waals surface area contributed by atoms with Gasteiger partial charge in [0.2, 0.25) is 0 Å². The summed E-state index contributed by atoms with van der Waals surface area (Å²) in [5.74, 6) is -0.387. The number of nitrogens with zero attached hydrogens (tertiary/aromatic N) is 2. The van der Waals surface area contributed by atoms with Crippen LogP contribution in [0.3, 0.4) is 0 Å². The molecular weight excluding hydrogens is 320 g/mol. The van der Waals surface area contributed by atoms with Gasteiger partial charge < -0.3 is 14.0 Å². The van der Waals surface area contributed by atoms with Gasteiger partial charge in [0.25, 0.3) is 5.56 Å². The molecular formula is C19H22N2O4. The van der Waals surface area contributed by atoms with E-state index in [-0.39, 0.29) is 11.5 Å². The zero-order chi connectivity index (χ0) is 17.6. The fourth-order valence-corrected chi connectivity index (χ4v) is 2.91. The van der Waals surface area contributed by atoms with E-state index < -0.39 is 0 Å². The maximum absolute atomic E-state index is 12.7. The SMILES string of the molecule is COC(=O)c1ccc(-c2cccn(CCN3CCOCC3)c2=O)cc1. The van der Waals surface area contributed by atoms with Crippen molar-refractivity contribution < 1.29 is 14.3 Å². The molecule has 1 aliphatic heterocycles. The Morgan fingerprint density at radius 3 is 2.52 bits per heavy atom. The van der Waals surface area contributed by atoms with Gasteiger partial charge in [-0.15, -0.1) is 0 Å². The van der Waals surface area contributed by atoms with Crippen LogP contribution >= 0.6 is 0 Å². The molecule has 2 aromatic rings. The first kappa shape index (κ1) is 17.4. The molecule has 132 valence electrons. The summed E-state index contributed by atoms with van der Waals surface area (Å²) in [6.45, 7) is 4.79. The van der Waals surface area contributed by atoms with Crippen molar-refractivity contribution in [1.29, 1.82) is 0 Å². The minimum absolute atomic E-state index is 0.0263. The van der Waals surface area contributed by atoms with Crippen LogP contribution in [0.5, 0.6) is 0 Å². The lowest BCUT2D eigenvalue weighted by Gasteiger charge is -2.26. The van der Waals surface area contributed by atoms with E-state index in [1.807, 2.05) is 12.3 Å². The topological polar surface area (TPSA) is 60.8 Å². The summed E-state index contributed by atoms with van der Waals surface area (Å²) in [4.78, 5) is 26.6. The lowest BCUT2D eigenvalue weighted by molar-refractivity contribution is 0.0363. The van der Waals surface area contributed by atoms with Gasteiger partial charge in [-0.25, -0.2) is 4.79 Å². The maximum Gasteiger partial charge on any atom is 0.337 e. The molecule has 3 rings (SSSR count). The summed E-state index contributed by atoms with van der Waals surface area (Å²) < 4.78 is 11.8. The van der Waals surface area contributed by atoms with Crippen LogP contribution in [0.2, 0.25) is 0 Å². The highest BCUT2D eigenvalue weighted by molar-refractivity contribution is 5.89. The van der Waals surface area contributed by atoms with Crippen LogP contribution in [0.15, 0.2) is 47.4 Å². The molecule has 0 unspecified atom stereocenters. The average Bonchev–Trinajstić information content (AvgIpc) is 2.67. The van der Waals surface area contributed by atoms with E-state index in [0.29, 0.717) is 17.7 Å². The molecule has 0 saturated carbocycles. The largest absolute Gasteiger partial charge is 0.465 e. The Morgan fingerprint density at radius 1 is 1.12 bits per heavy atom. The monoisotopic (exact) mass is 342 g/mol. The van der Waals surface area contributed by atoms with Crippen LogP contribution in [0.4, 0.5) is 0 Å². The van der Waals surface area contributed by atoms with Crippen molar-refractivity contribution in [3.63, 3.8) is 0 Å². The number of carbonyl (C=O) groups is 1. The molecule has 0 atom stereocenters. The van der Waals surface area contributed by atoms with Crippen LogP contribution in [0.25, 0.3) is 11.1 Å². The van der Waals surface area contributed by atoms with E-state index in [9.17, 15) is 9.59 Å². The first-order chi connectivity index (χ1) is 12.2. The van der Waals surface area contributed by atoms with E-state index in [4.69, 9.17) is 9.47 Å². The Balaban J connectivity index is 1.76. The highest BCUT2D eigenvalue weighted by Gasteiger charge is 2.12. The third kappa shape index (κ3) is 4.15. The molecule has 2 heterocycles. The van der Waals surface area contributed by atoms with E-state index in [1.54, 1.807) is 34.9 Å². The minimum Gasteiger partial charge on any atom is -0.465 e. The minimum atomic E-state index is -0.387. The Morgan fingerprint density at radius 2 is 1.84 bits per heavy atom. The van der Waals surface area contributed by atoms with Gasteiger partial charge in [0.1, 0.15) is 0 Å². The number of benzene rings is 1. The van der Waals surface area contributed by atoms with Crippen LogP contribution in [-0.2, 0) is 16.0 Å². The fraction of sp³-hybridized carbons (Fsp3) is 0.368. The van der Waals surface area contributed by atoms with E-state index in [0.717, 1.165) is 38.4 Å². The number of esters is 1. The van der Waals surface area contributed by atoms with Crippen molar-refractivity contribution >= 4 is 5.97 Å². The number of rotatable bonds is 5. The Labute approximate surface area is 146 Å². The van der Waals surface area contributed by atoms with Gasteiger partial charge in [-0.05, 0) is 29.8 Å². The molecule has 0 aliphatic carbocycles. The predicted molar refractivity (Wildman–Crippen MR) is 94.7 cm³/mol. The zero-order valence-corrected chi connectivity index (χ0v) is 14.3. The number of aromatic nitrogens is 1. The fourth-order valence-electron chi connectivity index (χ4n) is 2.91. The Kier molecular flexibility index (Phi) is 5.63. The second-order valence-corrected chi connectivity index (χ2v) is 5.94. The molecule has 6 heteroatoms. The molecule has 1 aromatic carbocycles.